The van der Waals surface area contributed by atoms with Gasteiger partial charge in [0.05, 0.1) is 5.02 Å². The van der Waals surface area contributed by atoms with E-state index in [1.54, 1.807) is 6.07 Å². The summed E-state index contributed by atoms with van der Waals surface area (Å²) in [6.07, 6.45) is 1.28. The van der Waals surface area contributed by atoms with Gasteiger partial charge >= 0.3 is 0 Å². The van der Waals surface area contributed by atoms with E-state index in [9.17, 15) is 4.39 Å². The summed E-state index contributed by atoms with van der Waals surface area (Å²) in [5.41, 5.74) is 6.33. The summed E-state index contributed by atoms with van der Waals surface area (Å²) in [6, 6.07) is 5.55. The van der Waals surface area contributed by atoms with Gasteiger partial charge in [0.25, 0.3) is 0 Å². The lowest BCUT2D eigenvalue weighted by atomic mass is 9.87. The van der Waals surface area contributed by atoms with Crippen LogP contribution in [0, 0.1) is 0 Å². The maximum absolute atomic E-state index is 13.1. The van der Waals surface area contributed by atoms with E-state index >= 15 is 0 Å². The van der Waals surface area contributed by atoms with Crippen molar-refractivity contribution in [3.8, 4) is 5.75 Å². The van der Waals surface area contributed by atoms with Crippen molar-refractivity contribution in [3.63, 3.8) is 0 Å². The number of ether oxygens (including phenoxy) is 1. The highest BCUT2D eigenvalue weighted by Gasteiger charge is 2.15. The van der Waals surface area contributed by atoms with Crippen LogP contribution in [0.4, 0.5) is 4.39 Å². The minimum atomic E-state index is -0.395. The Morgan fingerprint density at radius 2 is 2.05 bits per heavy atom. The van der Waals surface area contributed by atoms with Gasteiger partial charge in [-0.15, -0.1) is 12.4 Å². The van der Waals surface area contributed by atoms with Gasteiger partial charge in [-0.05, 0) is 29.2 Å². The van der Waals surface area contributed by atoms with Crippen LogP contribution < -0.4 is 10.5 Å². The average Bonchev–Trinajstić information content (AvgIpc) is 2.26. The average molecular weight is 308 g/mol. The van der Waals surface area contributed by atoms with Crippen molar-refractivity contribution >= 4 is 24.0 Å². The largest absolute Gasteiger partial charge is 0.485 e. The lowest BCUT2D eigenvalue weighted by Gasteiger charge is -2.20. The smallest absolute Gasteiger partial charge is 0.139 e. The maximum Gasteiger partial charge on any atom is 0.139 e. The maximum atomic E-state index is 13.1. The van der Waals surface area contributed by atoms with E-state index in [2.05, 4.69) is 20.8 Å². The molecule has 0 amide bonds. The van der Waals surface area contributed by atoms with Crippen molar-refractivity contribution in [3.05, 3.63) is 40.7 Å². The van der Waals surface area contributed by atoms with Crippen molar-refractivity contribution in [1.29, 1.82) is 0 Å². The number of hydrogen-bond donors (Lipinski definition) is 1. The summed E-state index contributed by atoms with van der Waals surface area (Å²) in [6.45, 7) is 6.31. The van der Waals surface area contributed by atoms with E-state index in [-0.39, 0.29) is 31.0 Å². The topological polar surface area (TPSA) is 35.2 Å². The second kappa shape index (κ2) is 7.73. The lowest BCUT2D eigenvalue weighted by molar-refractivity contribution is 0.318. The quantitative estimate of drug-likeness (QED) is 0.902. The van der Waals surface area contributed by atoms with Crippen LogP contribution in [0.25, 0.3) is 0 Å². The van der Waals surface area contributed by atoms with Gasteiger partial charge in [-0.2, -0.15) is 0 Å². The molecule has 0 aromatic heterocycles. The van der Waals surface area contributed by atoms with Gasteiger partial charge in [-0.3, -0.25) is 0 Å². The molecule has 1 aromatic carbocycles. The molecule has 5 heteroatoms. The molecule has 0 heterocycles. The summed E-state index contributed by atoms with van der Waals surface area (Å²) in [4.78, 5) is 0. The molecule has 0 unspecified atom stereocenters. The van der Waals surface area contributed by atoms with Crippen LogP contribution in [0.2, 0.25) is 5.02 Å². The molecular formula is C14H20Cl2FNO. The summed E-state index contributed by atoms with van der Waals surface area (Å²) < 4.78 is 18.4. The number of benzene rings is 1. The number of nitrogens with two attached hydrogens (primary N) is 1. The zero-order valence-corrected chi connectivity index (χ0v) is 12.9. The van der Waals surface area contributed by atoms with Crippen LogP contribution in [0.5, 0.6) is 5.75 Å². The first-order chi connectivity index (χ1) is 8.34. The predicted octanol–water partition coefficient (Wildman–Crippen LogP) is 4.25. The first-order valence-corrected chi connectivity index (χ1v) is 6.20. The number of rotatable bonds is 4. The Labute approximate surface area is 125 Å². The molecule has 2 nitrogen and oxygen atoms in total. The molecule has 0 aliphatic rings. The standard InChI is InChI=1S/C14H19ClFNO.ClH/c1-14(2,3)10-4-5-13(12(15)8-10)18-9-11(16)6-7-17;/h4-6,8H,7,9,17H2,1-3H3;1H. The molecule has 0 atom stereocenters. The molecule has 19 heavy (non-hydrogen) atoms. The Kier molecular flexibility index (Phi) is 7.42. The van der Waals surface area contributed by atoms with E-state index < -0.39 is 5.83 Å². The molecule has 108 valence electrons. The van der Waals surface area contributed by atoms with Crippen LogP contribution in [-0.4, -0.2) is 13.2 Å². The minimum absolute atomic E-state index is 0. The Hall–Kier alpha value is -0.770. The molecule has 0 radical (unpaired) electrons. The van der Waals surface area contributed by atoms with Crippen molar-refractivity contribution in [2.45, 2.75) is 26.2 Å². The molecule has 0 aliphatic carbocycles. The molecule has 1 rings (SSSR count). The fourth-order valence-electron chi connectivity index (χ4n) is 1.42. The molecule has 1 aromatic rings. The summed E-state index contributed by atoms with van der Waals surface area (Å²) in [7, 11) is 0. The van der Waals surface area contributed by atoms with Gasteiger partial charge in [-0.1, -0.05) is 38.4 Å². The molecule has 2 N–H and O–H groups in total. The van der Waals surface area contributed by atoms with Gasteiger partial charge in [0.1, 0.15) is 18.2 Å². The molecular weight excluding hydrogens is 288 g/mol. The normalized spacial score (nSPS) is 12.0. The molecule has 0 spiro atoms. The Bertz CT molecular complexity index is 442. The third-order valence-electron chi connectivity index (χ3n) is 2.50. The van der Waals surface area contributed by atoms with Crippen LogP contribution in [0.3, 0.4) is 0 Å². The fraction of sp³-hybridized carbons (Fsp3) is 0.429. The third-order valence-corrected chi connectivity index (χ3v) is 2.80. The minimum Gasteiger partial charge on any atom is -0.485 e. The van der Waals surface area contributed by atoms with E-state index in [1.807, 2.05) is 12.1 Å². The highest BCUT2D eigenvalue weighted by molar-refractivity contribution is 6.32. The van der Waals surface area contributed by atoms with Crippen molar-refractivity contribution in [2.24, 2.45) is 5.73 Å². The summed E-state index contributed by atoms with van der Waals surface area (Å²) in [5, 5.41) is 0.489. The van der Waals surface area contributed by atoms with E-state index in [0.29, 0.717) is 10.8 Å². The van der Waals surface area contributed by atoms with Crippen LogP contribution in [0.15, 0.2) is 30.1 Å². The zero-order chi connectivity index (χ0) is 13.8. The molecule has 0 fully saturated rings. The van der Waals surface area contributed by atoms with Crippen LogP contribution >= 0.6 is 24.0 Å². The Balaban J connectivity index is 0.00000324. The zero-order valence-electron chi connectivity index (χ0n) is 11.4. The van der Waals surface area contributed by atoms with Crippen molar-refractivity contribution < 1.29 is 9.13 Å². The highest BCUT2D eigenvalue weighted by atomic mass is 35.5. The van der Waals surface area contributed by atoms with Gasteiger partial charge in [-0.25, -0.2) is 4.39 Å². The van der Waals surface area contributed by atoms with Gasteiger partial charge < -0.3 is 10.5 Å². The monoisotopic (exact) mass is 307 g/mol. The van der Waals surface area contributed by atoms with Gasteiger partial charge in [0.15, 0.2) is 0 Å². The number of halogens is 3. The number of hydrogen-bond acceptors (Lipinski definition) is 2. The summed E-state index contributed by atoms with van der Waals surface area (Å²) in [5.74, 6) is 0.0821. The SMILES string of the molecule is CC(C)(C)c1ccc(OCC(F)=CCN)c(Cl)c1.Cl. The van der Waals surface area contributed by atoms with E-state index in [1.165, 1.54) is 6.08 Å². The third kappa shape index (κ3) is 5.81. The first kappa shape index (κ1) is 18.2. The van der Waals surface area contributed by atoms with Crippen LogP contribution in [-0.2, 0) is 5.41 Å². The van der Waals surface area contributed by atoms with Crippen molar-refractivity contribution in [1.82, 2.24) is 0 Å². The highest BCUT2D eigenvalue weighted by Crippen LogP contribution is 2.31. The molecule has 0 bridgehead atoms. The Morgan fingerprint density at radius 1 is 1.42 bits per heavy atom. The van der Waals surface area contributed by atoms with Gasteiger partial charge in [0, 0.05) is 6.54 Å². The second-order valence-electron chi connectivity index (χ2n) is 5.07. The Morgan fingerprint density at radius 3 is 2.53 bits per heavy atom. The summed E-state index contributed by atoms with van der Waals surface area (Å²) >= 11 is 6.10. The second-order valence-corrected chi connectivity index (χ2v) is 5.48. The van der Waals surface area contributed by atoms with Crippen LogP contribution in [0.1, 0.15) is 26.3 Å². The molecule has 0 saturated heterocycles. The van der Waals surface area contributed by atoms with E-state index in [0.717, 1.165) is 5.56 Å². The van der Waals surface area contributed by atoms with E-state index in [4.69, 9.17) is 22.1 Å². The molecule has 0 saturated carbocycles. The van der Waals surface area contributed by atoms with Crippen molar-refractivity contribution in [2.75, 3.05) is 13.2 Å². The predicted molar refractivity (Wildman–Crippen MR) is 81.1 cm³/mol. The first-order valence-electron chi connectivity index (χ1n) is 5.82. The lowest BCUT2D eigenvalue weighted by Crippen LogP contribution is -2.11. The fourth-order valence-corrected chi connectivity index (χ4v) is 1.65. The van der Waals surface area contributed by atoms with Gasteiger partial charge in [0.2, 0.25) is 0 Å². The molecule has 0 aliphatic heterocycles.